The summed E-state index contributed by atoms with van der Waals surface area (Å²) in [5.74, 6) is 1.78. The van der Waals surface area contributed by atoms with Crippen molar-refractivity contribution in [2.45, 2.75) is 32.1 Å². The fraction of sp³-hybridized carbons (Fsp3) is 0.562. The van der Waals surface area contributed by atoms with Gasteiger partial charge in [-0.1, -0.05) is 18.9 Å². The lowest BCUT2D eigenvalue weighted by Gasteiger charge is -2.10. The molecule has 0 atom stereocenters. The number of hydrogen-bond acceptors (Lipinski definition) is 3. The summed E-state index contributed by atoms with van der Waals surface area (Å²) in [4.78, 5) is 4.53. The van der Waals surface area contributed by atoms with Crippen LogP contribution in [-0.2, 0) is 6.42 Å². The van der Waals surface area contributed by atoms with Crippen LogP contribution in [0.25, 0.3) is 0 Å². The second-order valence-corrected chi connectivity index (χ2v) is 4.79. The minimum atomic E-state index is 0.281. The third kappa shape index (κ3) is 8.92. The molecule has 0 unspecified atom stereocenters. The molecule has 0 bridgehead atoms. The van der Waals surface area contributed by atoms with Crippen LogP contribution in [-0.4, -0.2) is 37.3 Å². The smallest absolute Gasteiger partial charge is 0.191 e. The highest BCUT2D eigenvalue weighted by Crippen LogP contribution is 2.00. The van der Waals surface area contributed by atoms with Gasteiger partial charge in [-0.2, -0.15) is 0 Å². The molecular weight excluding hydrogens is 266 g/mol. The van der Waals surface area contributed by atoms with E-state index in [9.17, 15) is 0 Å². The number of nitrogens with zero attached hydrogens (tertiary/aromatic N) is 1. The molecule has 0 spiro atoms. The molecule has 0 saturated heterocycles. The van der Waals surface area contributed by atoms with Gasteiger partial charge in [0.1, 0.15) is 5.76 Å². The van der Waals surface area contributed by atoms with Crippen molar-refractivity contribution in [3.8, 4) is 0 Å². The standard InChI is InChI=1S/C16H27N3O2/c1-2-10-17-16(18-11-5-3-4-6-13-20)19-12-9-15-8-7-14-21-15/h2,7-8,14,20H,1,3-6,9-13H2,(H2,17,18,19). The van der Waals surface area contributed by atoms with E-state index in [0.29, 0.717) is 6.54 Å². The summed E-state index contributed by atoms with van der Waals surface area (Å²) in [5.41, 5.74) is 0. The fourth-order valence-corrected chi connectivity index (χ4v) is 1.87. The zero-order valence-corrected chi connectivity index (χ0v) is 12.7. The Morgan fingerprint density at radius 1 is 1.29 bits per heavy atom. The summed E-state index contributed by atoms with van der Waals surface area (Å²) >= 11 is 0. The van der Waals surface area contributed by atoms with E-state index < -0.39 is 0 Å². The van der Waals surface area contributed by atoms with E-state index in [4.69, 9.17) is 9.52 Å². The number of unbranched alkanes of at least 4 members (excludes halogenated alkanes) is 3. The van der Waals surface area contributed by atoms with Crippen LogP contribution in [0.3, 0.4) is 0 Å². The maximum atomic E-state index is 8.72. The van der Waals surface area contributed by atoms with Crippen molar-refractivity contribution in [2.24, 2.45) is 4.99 Å². The van der Waals surface area contributed by atoms with Crippen LogP contribution in [0.2, 0.25) is 0 Å². The number of hydrogen-bond donors (Lipinski definition) is 3. The van der Waals surface area contributed by atoms with Crippen molar-refractivity contribution in [1.29, 1.82) is 0 Å². The fourth-order valence-electron chi connectivity index (χ4n) is 1.87. The number of aliphatic hydroxyl groups is 1. The number of aliphatic imine (C=N–C) groups is 1. The van der Waals surface area contributed by atoms with Crippen LogP contribution in [0.4, 0.5) is 0 Å². The number of nitrogens with one attached hydrogen (secondary N) is 2. The predicted octanol–water partition coefficient (Wildman–Crippen LogP) is 2.10. The number of furan rings is 1. The zero-order chi connectivity index (χ0) is 15.2. The quantitative estimate of drug-likeness (QED) is 0.253. The Labute approximate surface area is 127 Å². The lowest BCUT2D eigenvalue weighted by atomic mass is 10.2. The van der Waals surface area contributed by atoms with Crippen molar-refractivity contribution in [3.05, 3.63) is 36.8 Å². The van der Waals surface area contributed by atoms with Crippen molar-refractivity contribution < 1.29 is 9.52 Å². The highest BCUT2D eigenvalue weighted by molar-refractivity contribution is 5.79. The second-order valence-electron chi connectivity index (χ2n) is 4.79. The van der Waals surface area contributed by atoms with Crippen LogP contribution in [0.5, 0.6) is 0 Å². The van der Waals surface area contributed by atoms with Crippen LogP contribution >= 0.6 is 0 Å². The molecule has 21 heavy (non-hydrogen) atoms. The zero-order valence-electron chi connectivity index (χ0n) is 12.7. The monoisotopic (exact) mass is 293 g/mol. The van der Waals surface area contributed by atoms with Gasteiger partial charge in [-0.15, -0.1) is 6.58 Å². The first-order chi connectivity index (χ1) is 10.4. The van der Waals surface area contributed by atoms with Crippen LogP contribution in [0.1, 0.15) is 31.4 Å². The first kappa shape index (κ1) is 17.3. The molecule has 0 fully saturated rings. The topological polar surface area (TPSA) is 69.8 Å². The summed E-state index contributed by atoms with van der Waals surface area (Å²) in [6.45, 7) is 6.24. The maximum Gasteiger partial charge on any atom is 0.191 e. The summed E-state index contributed by atoms with van der Waals surface area (Å²) < 4.78 is 5.30. The molecule has 0 aliphatic rings. The Morgan fingerprint density at radius 3 is 2.86 bits per heavy atom. The molecule has 1 aromatic heterocycles. The Hall–Kier alpha value is -1.75. The van der Waals surface area contributed by atoms with E-state index in [1.165, 1.54) is 0 Å². The highest BCUT2D eigenvalue weighted by Gasteiger charge is 1.99. The lowest BCUT2D eigenvalue weighted by Crippen LogP contribution is -2.38. The van der Waals surface area contributed by atoms with Gasteiger partial charge in [0.25, 0.3) is 0 Å². The van der Waals surface area contributed by atoms with E-state index in [0.717, 1.165) is 56.9 Å². The highest BCUT2D eigenvalue weighted by atomic mass is 16.3. The number of guanidine groups is 1. The van der Waals surface area contributed by atoms with Gasteiger partial charge in [0.15, 0.2) is 5.96 Å². The molecule has 0 aliphatic carbocycles. The maximum absolute atomic E-state index is 8.72. The Kier molecular flexibility index (Phi) is 9.91. The molecule has 1 rings (SSSR count). The molecule has 0 radical (unpaired) electrons. The van der Waals surface area contributed by atoms with Gasteiger partial charge in [0.05, 0.1) is 6.26 Å². The van der Waals surface area contributed by atoms with E-state index in [1.54, 1.807) is 6.26 Å². The largest absolute Gasteiger partial charge is 0.469 e. The van der Waals surface area contributed by atoms with E-state index in [2.05, 4.69) is 22.2 Å². The van der Waals surface area contributed by atoms with Gasteiger partial charge in [0.2, 0.25) is 0 Å². The SMILES string of the molecule is C=CCNC(=NCCCCCCO)NCCc1ccco1. The van der Waals surface area contributed by atoms with Crippen molar-refractivity contribution in [3.63, 3.8) is 0 Å². The van der Waals surface area contributed by atoms with Gasteiger partial charge >= 0.3 is 0 Å². The van der Waals surface area contributed by atoms with Crippen LogP contribution in [0.15, 0.2) is 40.5 Å². The van der Waals surface area contributed by atoms with Crippen molar-refractivity contribution in [1.82, 2.24) is 10.6 Å². The van der Waals surface area contributed by atoms with Gasteiger partial charge in [0, 0.05) is 32.7 Å². The second kappa shape index (κ2) is 12.0. The first-order valence-electron chi connectivity index (χ1n) is 7.63. The predicted molar refractivity (Wildman–Crippen MR) is 86.5 cm³/mol. The minimum Gasteiger partial charge on any atom is -0.469 e. The molecule has 0 saturated carbocycles. The first-order valence-corrected chi connectivity index (χ1v) is 7.63. The molecule has 0 aromatic carbocycles. The Bertz CT molecular complexity index is 388. The minimum absolute atomic E-state index is 0.281. The summed E-state index contributed by atoms with van der Waals surface area (Å²) in [7, 11) is 0. The molecule has 0 amide bonds. The van der Waals surface area contributed by atoms with E-state index in [-0.39, 0.29) is 6.61 Å². The number of rotatable bonds is 11. The molecule has 1 heterocycles. The average Bonchev–Trinajstić information content (AvgIpc) is 3.01. The van der Waals surface area contributed by atoms with Gasteiger partial charge < -0.3 is 20.2 Å². The van der Waals surface area contributed by atoms with Crippen LogP contribution < -0.4 is 10.6 Å². The third-order valence-electron chi connectivity index (χ3n) is 2.99. The van der Waals surface area contributed by atoms with E-state index in [1.807, 2.05) is 18.2 Å². The Morgan fingerprint density at radius 2 is 2.14 bits per heavy atom. The molecule has 3 N–H and O–H groups in total. The lowest BCUT2D eigenvalue weighted by molar-refractivity contribution is 0.282. The van der Waals surface area contributed by atoms with Gasteiger partial charge in [-0.05, 0) is 25.0 Å². The molecule has 0 aliphatic heterocycles. The Balaban J connectivity index is 2.23. The normalized spacial score (nSPS) is 11.4. The molecule has 5 nitrogen and oxygen atoms in total. The molecular formula is C16H27N3O2. The van der Waals surface area contributed by atoms with Crippen molar-refractivity contribution >= 4 is 5.96 Å². The van der Waals surface area contributed by atoms with Gasteiger partial charge in [-0.3, -0.25) is 4.99 Å². The van der Waals surface area contributed by atoms with E-state index >= 15 is 0 Å². The summed E-state index contributed by atoms with van der Waals surface area (Å²) in [6.07, 6.45) is 8.42. The third-order valence-corrected chi connectivity index (χ3v) is 2.99. The average molecular weight is 293 g/mol. The summed E-state index contributed by atoms with van der Waals surface area (Å²) in [5, 5.41) is 15.2. The van der Waals surface area contributed by atoms with Gasteiger partial charge in [-0.25, -0.2) is 0 Å². The number of aliphatic hydroxyl groups excluding tert-OH is 1. The molecule has 118 valence electrons. The molecule has 5 heteroatoms. The summed E-state index contributed by atoms with van der Waals surface area (Å²) in [6, 6.07) is 3.86. The van der Waals surface area contributed by atoms with Crippen LogP contribution in [0, 0.1) is 0 Å². The molecule has 1 aromatic rings. The van der Waals surface area contributed by atoms with Crippen molar-refractivity contribution in [2.75, 3.05) is 26.2 Å².